The van der Waals surface area contributed by atoms with Crippen molar-refractivity contribution in [3.05, 3.63) is 11.9 Å². The first-order valence-electron chi connectivity index (χ1n) is 15.9. The Bertz CT molecular complexity index is 1180. The number of likely N-dealkylation sites (tertiary alicyclic amines) is 1. The molecule has 3 saturated carbocycles. The first-order chi connectivity index (χ1) is 19.8. The second kappa shape index (κ2) is 10.5. The Morgan fingerprint density at radius 1 is 0.976 bits per heavy atom. The van der Waals surface area contributed by atoms with Gasteiger partial charge < -0.3 is 23.8 Å². The zero-order chi connectivity index (χ0) is 28.2. The maximum absolute atomic E-state index is 14.3. The van der Waals surface area contributed by atoms with Gasteiger partial charge in [0.25, 0.3) is 0 Å². The highest BCUT2D eigenvalue weighted by Crippen LogP contribution is 2.56. The number of morpholine rings is 1. The van der Waals surface area contributed by atoms with E-state index in [1.54, 1.807) is 0 Å². The topological polar surface area (TPSA) is 103 Å². The molecule has 10 nitrogen and oxygen atoms in total. The van der Waals surface area contributed by atoms with Crippen molar-refractivity contribution in [3.8, 4) is 5.88 Å². The Balaban J connectivity index is 1.20. The Kier molecular flexibility index (Phi) is 7.12. The average molecular weight is 569 g/mol. The molecule has 0 radical (unpaired) electrons. The lowest BCUT2D eigenvalue weighted by molar-refractivity contribution is -0.255. The molecule has 1 unspecified atom stereocenters. The van der Waals surface area contributed by atoms with Crippen molar-refractivity contribution in [2.24, 2.45) is 11.3 Å². The van der Waals surface area contributed by atoms with E-state index in [4.69, 9.17) is 23.9 Å². The Hall–Kier alpha value is -2.14. The van der Waals surface area contributed by atoms with Gasteiger partial charge in [0, 0.05) is 31.6 Å². The van der Waals surface area contributed by atoms with E-state index >= 15 is 0 Å². The molecule has 0 amide bonds. The molecule has 3 aliphatic carbocycles. The standard InChI is InChI=1S/C31H44N4O6/c1-21(23-8-6-14-34(23)2)41-25-19-24(35-15-16-38-29(20-35)12-13-29)32-28(33-25)26(36)22-7-5-10-30(27(22)37)9-3-4-11-31(30)39-17-18-40-31/h19,21-23H,3-18,20H2,1-2H3/t21-,22?,23-,30-/m0/s1. The van der Waals surface area contributed by atoms with Gasteiger partial charge in [-0.15, -0.1) is 0 Å². The fraction of sp³-hybridized carbons (Fsp3) is 0.806. The van der Waals surface area contributed by atoms with Crippen LogP contribution in [0.15, 0.2) is 6.07 Å². The molecule has 3 aliphatic heterocycles. The van der Waals surface area contributed by atoms with E-state index in [-0.39, 0.29) is 29.1 Å². The van der Waals surface area contributed by atoms with Crippen molar-refractivity contribution in [1.82, 2.24) is 14.9 Å². The quantitative estimate of drug-likeness (QED) is 0.374. The van der Waals surface area contributed by atoms with Gasteiger partial charge in [0.15, 0.2) is 11.6 Å². The summed E-state index contributed by atoms with van der Waals surface area (Å²) in [5, 5.41) is 0. The van der Waals surface area contributed by atoms with Crippen LogP contribution < -0.4 is 9.64 Å². The first kappa shape index (κ1) is 27.7. The summed E-state index contributed by atoms with van der Waals surface area (Å²) in [6.07, 6.45) is 9.49. The van der Waals surface area contributed by atoms with Gasteiger partial charge in [0.2, 0.25) is 17.5 Å². The van der Waals surface area contributed by atoms with Gasteiger partial charge in [-0.25, -0.2) is 4.98 Å². The van der Waals surface area contributed by atoms with Crippen LogP contribution in [0.4, 0.5) is 5.82 Å². The number of ketones is 2. The van der Waals surface area contributed by atoms with Crippen molar-refractivity contribution in [2.75, 3.05) is 51.4 Å². The van der Waals surface area contributed by atoms with Gasteiger partial charge in [-0.1, -0.05) is 12.8 Å². The molecule has 0 bridgehead atoms. The fourth-order valence-electron chi connectivity index (χ4n) is 8.34. The van der Waals surface area contributed by atoms with E-state index in [0.717, 1.165) is 58.0 Å². The molecule has 6 aliphatic rings. The van der Waals surface area contributed by atoms with Crippen LogP contribution in [-0.2, 0) is 19.0 Å². The Morgan fingerprint density at radius 2 is 1.76 bits per heavy atom. The predicted octanol–water partition coefficient (Wildman–Crippen LogP) is 3.56. The Morgan fingerprint density at radius 3 is 2.51 bits per heavy atom. The average Bonchev–Trinajstić information content (AvgIpc) is 3.32. The normalized spacial score (nSPS) is 33.5. The molecule has 224 valence electrons. The van der Waals surface area contributed by atoms with Gasteiger partial charge in [0.1, 0.15) is 11.9 Å². The van der Waals surface area contributed by atoms with Gasteiger partial charge in [-0.2, -0.15) is 4.98 Å². The molecule has 10 heteroatoms. The summed E-state index contributed by atoms with van der Waals surface area (Å²) in [6.45, 7) is 6.16. The van der Waals surface area contributed by atoms with E-state index in [0.29, 0.717) is 69.8 Å². The second-order valence-electron chi connectivity index (χ2n) is 13.3. The number of fused-ring (bicyclic) bond motifs is 1. The van der Waals surface area contributed by atoms with E-state index in [1.807, 2.05) is 6.07 Å². The minimum atomic E-state index is -0.895. The molecule has 4 atom stereocenters. The van der Waals surface area contributed by atoms with Crippen LogP contribution in [-0.4, -0.2) is 96.5 Å². The van der Waals surface area contributed by atoms with Gasteiger partial charge in [-0.3, -0.25) is 14.5 Å². The monoisotopic (exact) mass is 568 g/mol. The summed E-state index contributed by atoms with van der Waals surface area (Å²) in [7, 11) is 2.13. The van der Waals surface area contributed by atoms with Crippen LogP contribution >= 0.6 is 0 Å². The number of likely N-dealkylation sites (N-methyl/N-ethyl adjacent to an activating group) is 1. The lowest BCUT2D eigenvalue weighted by Gasteiger charge is -2.51. The number of nitrogens with zero attached hydrogens (tertiary/aromatic N) is 4. The third kappa shape index (κ3) is 4.79. The predicted molar refractivity (Wildman–Crippen MR) is 150 cm³/mol. The van der Waals surface area contributed by atoms with Crippen LogP contribution in [0.3, 0.4) is 0 Å². The van der Waals surface area contributed by atoms with E-state index in [9.17, 15) is 9.59 Å². The molecule has 7 rings (SSSR count). The van der Waals surface area contributed by atoms with Crippen molar-refractivity contribution in [3.63, 3.8) is 0 Å². The summed E-state index contributed by atoms with van der Waals surface area (Å²) in [4.78, 5) is 42.6. The Labute approximate surface area is 242 Å². The molecule has 6 fully saturated rings. The third-order valence-corrected chi connectivity index (χ3v) is 10.8. The first-order valence-corrected chi connectivity index (χ1v) is 15.9. The minimum absolute atomic E-state index is 0.0453. The van der Waals surface area contributed by atoms with Crippen LogP contribution in [0, 0.1) is 11.3 Å². The fourth-order valence-corrected chi connectivity index (χ4v) is 8.34. The van der Waals surface area contributed by atoms with Crippen LogP contribution in [0.1, 0.15) is 88.2 Å². The number of hydrogen-bond donors (Lipinski definition) is 0. The lowest BCUT2D eigenvalue weighted by Crippen LogP contribution is -2.60. The number of carbonyl (C=O) groups excluding carboxylic acids is 2. The summed E-state index contributed by atoms with van der Waals surface area (Å²) in [5.41, 5.74) is -0.877. The van der Waals surface area contributed by atoms with Crippen LogP contribution in [0.2, 0.25) is 0 Å². The summed E-state index contributed by atoms with van der Waals surface area (Å²) >= 11 is 0. The van der Waals surface area contributed by atoms with Crippen molar-refractivity contribution >= 4 is 17.4 Å². The molecule has 0 N–H and O–H groups in total. The molecule has 41 heavy (non-hydrogen) atoms. The third-order valence-electron chi connectivity index (χ3n) is 10.8. The second-order valence-corrected chi connectivity index (χ2v) is 13.3. The van der Waals surface area contributed by atoms with Crippen LogP contribution in [0.25, 0.3) is 0 Å². The highest BCUT2D eigenvalue weighted by atomic mass is 16.7. The number of anilines is 1. The van der Waals surface area contributed by atoms with Gasteiger partial charge in [-0.05, 0) is 71.9 Å². The highest BCUT2D eigenvalue weighted by molar-refractivity contribution is 6.11. The molecule has 0 aromatic carbocycles. The van der Waals surface area contributed by atoms with Crippen molar-refractivity contribution in [1.29, 1.82) is 0 Å². The number of rotatable bonds is 6. The highest BCUT2D eigenvalue weighted by Gasteiger charge is 2.63. The van der Waals surface area contributed by atoms with Crippen LogP contribution in [0.5, 0.6) is 5.88 Å². The summed E-state index contributed by atoms with van der Waals surface area (Å²) in [6, 6.07) is 2.16. The van der Waals surface area contributed by atoms with E-state index in [2.05, 4.69) is 28.8 Å². The lowest BCUT2D eigenvalue weighted by atomic mass is 9.57. The maximum Gasteiger partial charge on any atom is 0.219 e. The number of carbonyl (C=O) groups is 2. The molecule has 1 aromatic heterocycles. The minimum Gasteiger partial charge on any atom is -0.473 e. The smallest absolute Gasteiger partial charge is 0.219 e. The van der Waals surface area contributed by atoms with Crippen molar-refractivity contribution in [2.45, 2.75) is 101 Å². The summed E-state index contributed by atoms with van der Waals surface area (Å²) in [5.74, 6) is -0.892. The van der Waals surface area contributed by atoms with Gasteiger partial charge in [0.05, 0.1) is 36.8 Å². The van der Waals surface area contributed by atoms with Gasteiger partial charge >= 0.3 is 0 Å². The molecular weight excluding hydrogens is 524 g/mol. The number of Topliss-reactive ketones (excluding diaryl/α,β-unsaturated/α-hetero) is 2. The largest absolute Gasteiger partial charge is 0.473 e. The molecular formula is C31H44N4O6. The zero-order valence-corrected chi connectivity index (χ0v) is 24.6. The zero-order valence-electron chi connectivity index (χ0n) is 24.6. The molecule has 4 heterocycles. The number of aromatic nitrogens is 2. The molecule has 3 spiro atoms. The maximum atomic E-state index is 14.3. The van der Waals surface area contributed by atoms with E-state index in [1.165, 1.54) is 0 Å². The van der Waals surface area contributed by atoms with Crippen molar-refractivity contribution < 1.29 is 28.5 Å². The SMILES string of the molecule is C[C@H](Oc1cc(N2CCOC3(CC3)C2)nc(C(=O)C2CCC[C@@]3(CCCCC34OCCO4)C2=O)n1)[C@@H]1CCCN1C. The number of hydrogen-bond acceptors (Lipinski definition) is 10. The van der Waals surface area contributed by atoms with E-state index < -0.39 is 17.1 Å². The number of ether oxygens (including phenoxy) is 4. The molecule has 1 aromatic rings. The summed E-state index contributed by atoms with van der Waals surface area (Å²) < 4.78 is 24.9. The molecule has 3 saturated heterocycles.